The molecule has 0 aliphatic rings. The summed E-state index contributed by atoms with van der Waals surface area (Å²) in [6.07, 6.45) is 0. The van der Waals surface area contributed by atoms with Gasteiger partial charge in [0.1, 0.15) is 11.5 Å². The lowest BCUT2D eigenvalue weighted by atomic mass is 10.2. The first-order chi connectivity index (χ1) is 7.04. The minimum Gasteiger partial charge on any atom is -0.320 e. The zero-order valence-electron chi connectivity index (χ0n) is 7.90. The van der Waals surface area contributed by atoms with E-state index in [1.54, 1.807) is 0 Å². The number of likely N-dealkylation sites (N-methyl/N-ethyl adjacent to an activating group) is 1. The van der Waals surface area contributed by atoms with E-state index in [9.17, 15) is 18.0 Å². The van der Waals surface area contributed by atoms with Crippen LogP contribution in [0.15, 0.2) is 12.1 Å². The standard InChI is InChI=1S/C9H9F3N2O/c1-13-4-8(15)14-9-6(11)2-5(10)3-7(9)12/h2-3,13H,4H2,1H3,(H,14,15). The summed E-state index contributed by atoms with van der Waals surface area (Å²) in [6.45, 7) is -0.0870. The average molecular weight is 218 g/mol. The Hall–Kier alpha value is -1.56. The number of hydrogen-bond donors (Lipinski definition) is 2. The maximum atomic E-state index is 13.0. The van der Waals surface area contributed by atoms with Crippen molar-refractivity contribution in [2.75, 3.05) is 18.9 Å². The number of anilines is 1. The van der Waals surface area contributed by atoms with Gasteiger partial charge in [0.2, 0.25) is 5.91 Å². The summed E-state index contributed by atoms with van der Waals surface area (Å²) in [7, 11) is 1.51. The lowest BCUT2D eigenvalue weighted by Crippen LogP contribution is -2.26. The van der Waals surface area contributed by atoms with Gasteiger partial charge in [-0.25, -0.2) is 13.2 Å². The third-order valence-corrected chi connectivity index (χ3v) is 1.61. The molecule has 0 atom stereocenters. The number of nitrogens with one attached hydrogen (secondary N) is 2. The van der Waals surface area contributed by atoms with Crippen molar-refractivity contribution in [1.82, 2.24) is 5.32 Å². The normalized spacial score (nSPS) is 10.1. The largest absolute Gasteiger partial charge is 0.320 e. The Bertz CT molecular complexity index is 359. The van der Waals surface area contributed by atoms with E-state index in [2.05, 4.69) is 5.32 Å². The van der Waals surface area contributed by atoms with E-state index < -0.39 is 29.0 Å². The summed E-state index contributed by atoms with van der Waals surface area (Å²) >= 11 is 0. The summed E-state index contributed by atoms with van der Waals surface area (Å²) in [5, 5.41) is 4.50. The molecule has 0 saturated heterocycles. The van der Waals surface area contributed by atoms with Gasteiger partial charge in [0, 0.05) is 12.1 Å². The minimum atomic E-state index is -1.14. The molecule has 82 valence electrons. The molecular formula is C9H9F3N2O. The van der Waals surface area contributed by atoms with Crippen LogP contribution in [0.3, 0.4) is 0 Å². The highest BCUT2D eigenvalue weighted by atomic mass is 19.1. The number of halogens is 3. The monoisotopic (exact) mass is 218 g/mol. The molecule has 2 N–H and O–H groups in total. The Morgan fingerprint density at radius 3 is 2.27 bits per heavy atom. The quantitative estimate of drug-likeness (QED) is 0.801. The lowest BCUT2D eigenvalue weighted by Gasteiger charge is -2.07. The molecule has 0 heterocycles. The van der Waals surface area contributed by atoms with Gasteiger partial charge in [-0.1, -0.05) is 0 Å². The summed E-state index contributed by atoms with van der Waals surface area (Å²) in [4.78, 5) is 11.0. The van der Waals surface area contributed by atoms with Gasteiger partial charge >= 0.3 is 0 Å². The number of carbonyl (C=O) groups is 1. The fraction of sp³-hybridized carbons (Fsp3) is 0.222. The molecule has 0 spiro atoms. The van der Waals surface area contributed by atoms with Crippen LogP contribution in [0.2, 0.25) is 0 Å². The molecule has 3 nitrogen and oxygen atoms in total. The third kappa shape index (κ3) is 2.95. The van der Waals surface area contributed by atoms with E-state index in [1.165, 1.54) is 7.05 Å². The van der Waals surface area contributed by atoms with Gasteiger partial charge in [0.25, 0.3) is 0 Å². The Labute approximate surface area is 84.3 Å². The fourth-order valence-corrected chi connectivity index (χ4v) is 1.01. The molecule has 15 heavy (non-hydrogen) atoms. The van der Waals surface area contributed by atoms with E-state index in [-0.39, 0.29) is 6.54 Å². The molecule has 1 aromatic carbocycles. The van der Waals surface area contributed by atoms with Crippen molar-refractivity contribution < 1.29 is 18.0 Å². The Morgan fingerprint density at radius 2 is 1.80 bits per heavy atom. The van der Waals surface area contributed by atoms with Crippen LogP contribution in [0.1, 0.15) is 0 Å². The summed E-state index contributed by atoms with van der Waals surface area (Å²) < 4.78 is 38.5. The predicted molar refractivity (Wildman–Crippen MR) is 48.9 cm³/mol. The van der Waals surface area contributed by atoms with Gasteiger partial charge in [0.15, 0.2) is 11.6 Å². The molecule has 1 aromatic rings. The topological polar surface area (TPSA) is 41.1 Å². The Morgan fingerprint density at radius 1 is 1.27 bits per heavy atom. The summed E-state index contributed by atoms with van der Waals surface area (Å²) in [5.74, 6) is -3.92. The van der Waals surface area contributed by atoms with E-state index in [0.717, 1.165) is 0 Å². The van der Waals surface area contributed by atoms with Gasteiger partial charge < -0.3 is 10.6 Å². The van der Waals surface area contributed by atoms with Crippen LogP contribution in [0, 0.1) is 17.5 Å². The van der Waals surface area contributed by atoms with Crippen LogP contribution < -0.4 is 10.6 Å². The van der Waals surface area contributed by atoms with E-state index in [1.807, 2.05) is 5.32 Å². The van der Waals surface area contributed by atoms with Crippen LogP contribution in [0.5, 0.6) is 0 Å². The molecule has 0 unspecified atom stereocenters. The van der Waals surface area contributed by atoms with Crippen LogP contribution >= 0.6 is 0 Å². The molecule has 1 rings (SSSR count). The number of benzene rings is 1. The molecule has 6 heteroatoms. The van der Waals surface area contributed by atoms with Crippen molar-refractivity contribution in [2.24, 2.45) is 0 Å². The number of amides is 1. The van der Waals surface area contributed by atoms with Crippen LogP contribution in [0.25, 0.3) is 0 Å². The van der Waals surface area contributed by atoms with Crippen molar-refractivity contribution >= 4 is 11.6 Å². The zero-order chi connectivity index (χ0) is 11.4. The molecule has 0 radical (unpaired) electrons. The van der Waals surface area contributed by atoms with Crippen molar-refractivity contribution in [3.63, 3.8) is 0 Å². The lowest BCUT2D eigenvalue weighted by molar-refractivity contribution is -0.115. The molecule has 1 amide bonds. The zero-order valence-corrected chi connectivity index (χ0v) is 7.90. The molecule has 0 aromatic heterocycles. The molecule has 0 aliphatic carbocycles. The Kier molecular flexibility index (Phi) is 3.68. The second-order valence-corrected chi connectivity index (χ2v) is 2.82. The number of carbonyl (C=O) groups excluding carboxylic acids is 1. The Balaban J connectivity index is 2.90. The van der Waals surface area contributed by atoms with Crippen molar-refractivity contribution in [1.29, 1.82) is 0 Å². The SMILES string of the molecule is CNCC(=O)Nc1c(F)cc(F)cc1F. The van der Waals surface area contributed by atoms with Gasteiger partial charge in [-0.15, -0.1) is 0 Å². The molecule has 0 saturated carbocycles. The van der Waals surface area contributed by atoms with E-state index in [4.69, 9.17) is 0 Å². The highest BCUT2D eigenvalue weighted by Crippen LogP contribution is 2.19. The van der Waals surface area contributed by atoms with E-state index in [0.29, 0.717) is 12.1 Å². The van der Waals surface area contributed by atoms with Crippen molar-refractivity contribution in [2.45, 2.75) is 0 Å². The van der Waals surface area contributed by atoms with Crippen LogP contribution in [-0.2, 0) is 4.79 Å². The highest BCUT2D eigenvalue weighted by molar-refractivity contribution is 5.92. The van der Waals surface area contributed by atoms with Gasteiger partial charge in [-0.2, -0.15) is 0 Å². The summed E-state index contributed by atoms with van der Waals surface area (Å²) in [5.41, 5.74) is -0.642. The minimum absolute atomic E-state index is 0.0870. The highest BCUT2D eigenvalue weighted by Gasteiger charge is 2.13. The van der Waals surface area contributed by atoms with Crippen LogP contribution in [-0.4, -0.2) is 19.5 Å². The number of hydrogen-bond acceptors (Lipinski definition) is 2. The average Bonchev–Trinajstić information content (AvgIpc) is 2.11. The number of rotatable bonds is 3. The van der Waals surface area contributed by atoms with Crippen molar-refractivity contribution in [3.05, 3.63) is 29.6 Å². The second kappa shape index (κ2) is 4.79. The maximum absolute atomic E-state index is 13.0. The fourth-order valence-electron chi connectivity index (χ4n) is 1.01. The molecular weight excluding hydrogens is 209 g/mol. The summed E-state index contributed by atoms with van der Waals surface area (Å²) in [6, 6.07) is 0.996. The van der Waals surface area contributed by atoms with Gasteiger partial charge in [-0.3, -0.25) is 4.79 Å². The molecule has 0 fully saturated rings. The van der Waals surface area contributed by atoms with Gasteiger partial charge in [-0.05, 0) is 7.05 Å². The first-order valence-corrected chi connectivity index (χ1v) is 4.13. The van der Waals surface area contributed by atoms with E-state index >= 15 is 0 Å². The first kappa shape index (κ1) is 11.5. The third-order valence-electron chi connectivity index (χ3n) is 1.61. The first-order valence-electron chi connectivity index (χ1n) is 4.13. The van der Waals surface area contributed by atoms with Crippen LogP contribution in [0.4, 0.5) is 18.9 Å². The smallest absolute Gasteiger partial charge is 0.238 e. The maximum Gasteiger partial charge on any atom is 0.238 e. The van der Waals surface area contributed by atoms with Crippen molar-refractivity contribution in [3.8, 4) is 0 Å². The predicted octanol–water partition coefficient (Wildman–Crippen LogP) is 1.26. The van der Waals surface area contributed by atoms with Gasteiger partial charge in [0.05, 0.1) is 6.54 Å². The molecule has 0 aliphatic heterocycles. The second-order valence-electron chi connectivity index (χ2n) is 2.82. The molecule has 0 bridgehead atoms.